The molecule has 1 aromatic heterocycles. The first kappa shape index (κ1) is 23.7. The number of amides is 1. The van der Waals surface area contributed by atoms with Crippen molar-refractivity contribution in [1.29, 1.82) is 0 Å². The van der Waals surface area contributed by atoms with Gasteiger partial charge in [-0.25, -0.2) is 4.98 Å². The van der Waals surface area contributed by atoms with Gasteiger partial charge in [0.25, 0.3) is 5.91 Å². The number of unbranched alkanes of at least 4 members (excludes halogenated alkanes) is 2. The number of Topliss-reactive ketones (excluding diaryl/α,β-unsaturated/α-hetero) is 1. The molecule has 1 aliphatic rings. The van der Waals surface area contributed by atoms with E-state index in [0.717, 1.165) is 23.9 Å². The van der Waals surface area contributed by atoms with Crippen molar-refractivity contribution in [2.24, 2.45) is 5.41 Å². The number of aryl methyl sites for hydroxylation is 1. The number of rotatable bonds is 8. The highest BCUT2D eigenvalue weighted by Gasteiger charge is 2.43. The van der Waals surface area contributed by atoms with E-state index in [-0.39, 0.29) is 11.4 Å². The summed E-state index contributed by atoms with van der Waals surface area (Å²) in [6, 6.07) is 12.8. The van der Waals surface area contributed by atoms with Gasteiger partial charge in [-0.3, -0.25) is 14.5 Å². The third kappa shape index (κ3) is 4.91. The molecule has 4 rings (SSSR count). The Bertz CT molecular complexity index is 1230. The average molecular weight is 460 g/mol. The zero-order valence-corrected chi connectivity index (χ0v) is 20.4. The van der Waals surface area contributed by atoms with E-state index in [4.69, 9.17) is 0 Å². The fraction of sp³-hybridized carbons (Fsp3) is 0.393. The molecule has 0 saturated heterocycles. The smallest absolute Gasteiger partial charge is 0.294 e. The van der Waals surface area contributed by atoms with Crippen LogP contribution in [0.1, 0.15) is 70.5 Å². The molecule has 6 nitrogen and oxygen atoms in total. The van der Waals surface area contributed by atoms with E-state index in [1.165, 1.54) is 36.6 Å². The summed E-state index contributed by atoms with van der Waals surface area (Å²) in [6.07, 6.45) is 7.38. The van der Waals surface area contributed by atoms with Crippen molar-refractivity contribution >= 4 is 28.4 Å². The zero-order valence-electron chi connectivity index (χ0n) is 20.4. The normalized spacial score (nSPS) is 16.6. The standard InChI is InChI=1S/C28H33N3O3/c1-18(32)24-25(20-11-9-19(10-12-20)8-6-5-7-15-28(2,3)4)31(27(34)26(24)33)21-13-14-22-23(16-21)30-17-29-22/h9-14,16-17,25,33H,5-8,15H2,1-4H3,(H,29,30). The molecule has 0 bridgehead atoms. The van der Waals surface area contributed by atoms with Crippen molar-refractivity contribution in [1.82, 2.24) is 9.97 Å². The van der Waals surface area contributed by atoms with E-state index in [1.807, 2.05) is 18.2 Å². The predicted octanol–water partition coefficient (Wildman–Crippen LogP) is 6.20. The molecule has 2 heterocycles. The second-order valence-corrected chi connectivity index (χ2v) is 10.4. The summed E-state index contributed by atoms with van der Waals surface area (Å²) in [7, 11) is 0. The Morgan fingerprint density at radius 1 is 1.09 bits per heavy atom. The average Bonchev–Trinajstić information content (AvgIpc) is 3.35. The van der Waals surface area contributed by atoms with Gasteiger partial charge >= 0.3 is 0 Å². The van der Waals surface area contributed by atoms with E-state index >= 15 is 0 Å². The SMILES string of the molecule is CC(=O)C1=C(O)C(=O)N(c2ccc3[nH]cnc3c2)C1c1ccc(CCCCCC(C)(C)C)cc1. The van der Waals surface area contributed by atoms with Crippen LogP contribution >= 0.6 is 0 Å². The minimum absolute atomic E-state index is 0.127. The summed E-state index contributed by atoms with van der Waals surface area (Å²) in [5, 5.41) is 10.6. The molecular formula is C28H33N3O3. The number of ketones is 1. The zero-order chi connectivity index (χ0) is 24.5. The molecule has 1 unspecified atom stereocenters. The van der Waals surface area contributed by atoms with Crippen molar-refractivity contribution < 1.29 is 14.7 Å². The molecule has 0 radical (unpaired) electrons. The molecule has 3 aromatic rings. The van der Waals surface area contributed by atoms with Crippen LogP contribution in [0.25, 0.3) is 11.0 Å². The fourth-order valence-electron chi connectivity index (χ4n) is 4.64. The molecule has 34 heavy (non-hydrogen) atoms. The highest BCUT2D eigenvalue weighted by Crippen LogP contribution is 2.41. The monoisotopic (exact) mass is 459 g/mol. The number of aromatic nitrogens is 2. The van der Waals surface area contributed by atoms with Gasteiger partial charge in [-0.1, -0.05) is 57.9 Å². The van der Waals surface area contributed by atoms with Crippen molar-refractivity contribution in [2.75, 3.05) is 4.90 Å². The Morgan fingerprint density at radius 2 is 1.82 bits per heavy atom. The van der Waals surface area contributed by atoms with E-state index in [2.05, 4.69) is 42.9 Å². The fourth-order valence-corrected chi connectivity index (χ4v) is 4.64. The van der Waals surface area contributed by atoms with Crippen molar-refractivity contribution in [2.45, 2.75) is 65.8 Å². The number of aromatic amines is 1. The predicted molar refractivity (Wildman–Crippen MR) is 135 cm³/mol. The number of imidazole rings is 1. The van der Waals surface area contributed by atoms with Crippen molar-refractivity contribution in [3.05, 3.63) is 71.3 Å². The molecule has 2 aromatic carbocycles. The van der Waals surface area contributed by atoms with Gasteiger partial charge in [-0.2, -0.15) is 0 Å². The third-order valence-electron chi connectivity index (χ3n) is 6.46. The lowest BCUT2D eigenvalue weighted by molar-refractivity contribution is -0.117. The maximum absolute atomic E-state index is 13.1. The summed E-state index contributed by atoms with van der Waals surface area (Å²) in [5.41, 5.74) is 4.67. The molecular weight excluding hydrogens is 426 g/mol. The van der Waals surface area contributed by atoms with Crippen LogP contribution in [0.3, 0.4) is 0 Å². The first-order valence-corrected chi connectivity index (χ1v) is 12.0. The number of aliphatic hydroxyl groups excluding tert-OH is 1. The number of hydrogen-bond donors (Lipinski definition) is 2. The number of H-pyrrole nitrogens is 1. The van der Waals surface area contributed by atoms with E-state index < -0.39 is 17.7 Å². The number of carbonyl (C=O) groups is 2. The molecule has 0 saturated carbocycles. The highest BCUT2D eigenvalue weighted by atomic mass is 16.3. The van der Waals surface area contributed by atoms with Gasteiger partial charge in [0, 0.05) is 5.69 Å². The lowest BCUT2D eigenvalue weighted by Gasteiger charge is -2.27. The summed E-state index contributed by atoms with van der Waals surface area (Å²) in [5.74, 6) is -1.38. The van der Waals surface area contributed by atoms with Gasteiger partial charge < -0.3 is 10.1 Å². The molecule has 0 spiro atoms. The van der Waals surface area contributed by atoms with Crippen LogP contribution in [-0.4, -0.2) is 26.8 Å². The van der Waals surface area contributed by atoms with Crippen molar-refractivity contribution in [3.8, 4) is 0 Å². The van der Waals surface area contributed by atoms with Gasteiger partial charge in [-0.05, 0) is 60.9 Å². The third-order valence-corrected chi connectivity index (χ3v) is 6.46. The van der Waals surface area contributed by atoms with Crippen LogP contribution in [0.4, 0.5) is 5.69 Å². The van der Waals surface area contributed by atoms with E-state index in [9.17, 15) is 14.7 Å². The number of aliphatic hydroxyl groups is 1. The van der Waals surface area contributed by atoms with Gasteiger partial charge in [0.2, 0.25) is 0 Å². The molecule has 178 valence electrons. The number of nitrogens with zero attached hydrogens (tertiary/aromatic N) is 2. The minimum Gasteiger partial charge on any atom is -0.503 e. The molecule has 1 aliphatic heterocycles. The van der Waals surface area contributed by atoms with Gasteiger partial charge in [0.15, 0.2) is 11.5 Å². The Kier molecular flexibility index (Phi) is 6.60. The number of fused-ring (bicyclic) bond motifs is 1. The largest absolute Gasteiger partial charge is 0.503 e. The minimum atomic E-state index is -0.678. The second-order valence-electron chi connectivity index (χ2n) is 10.4. The molecule has 2 N–H and O–H groups in total. The van der Waals surface area contributed by atoms with E-state index in [1.54, 1.807) is 18.5 Å². The van der Waals surface area contributed by atoms with Crippen LogP contribution in [-0.2, 0) is 16.0 Å². The van der Waals surface area contributed by atoms with Crippen LogP contribution in [0.5, 0.6) is 0 Å². The summed E-state index contributed by atoms with van der Waals surface area (Å²) >= 11 is 0. The van der Waals surface area contributed by atoms with Gasteiger partial charge in [0.05, 0.1) is 29.0 Å². The Morgan fingerprint density at radius 3 is 2.50 bits per heavy atom. The lowest BCUT2D eigenvalue weighted by Crippen LogP contribution is -2.30. The molecule has 6 heteroatoms. The number of nitrogens with one attached hydrogen (secondary N) is 1. The Labute approximate surface area is 200 Å². The van der Waals surface area contributed by atoms with Crippen LogP contribution in [0.2, 0.25) is 0 Å². The highest BCUT2D eigenvalue weighted by molar-refractivity contribution is 6.16. The number of hydrogen-bond acceptors (Lipinski definition) is 4. The topological polar surface area (TPSA) is 86.3 Å². The maximum atomic E-state index is 13.1. The first-order valence-electron chi connectivity index (χ1n) is 12.0. The Hall–Kier alpha value is -3.41. The summed E-state index contributed by atoms with van der Waals surface area (Å²) in [6.45, 7) is 8.21. The maximum Gasteiger partial charge on any atom is 0.294 e. The molecule has 1 amide bonds. The summed E-state index contributed by atoms with van der Waals surface area (Å²) in [4.78, 5) is 34.3. The number of anilines is 1. The second kappa shape index (κ2) is 9.45. The van der Waals surface area contributed by atoms with Gasteiger partial charge in [-0.15, -0.1) is 0 Å². The lowest BCUT2D eigenvalue weighted by atomic mass is 9.89. The number of benzene rings is 2. The van der Waals surface area contributed by atoms with Crippen LogP contribution < -0.4 is 4.90 Å². The number of carbonyl (C=O) groups excluding carboxylic acids is 2. The van der Waals surface area contributed by atoms with E-state index in [0.29, 0.717) is 16.6 Å². The first-order chi connectivity index (χ1) is 16.2. The molecule has 1 atom stereocenters. The van der Waals surface area contributed by atoms with Crippen molar-refractivity contribution in [3.63, 3.8) is 0 Å². The molecule has 0 aliphatic carbocycles. The summed E-state index contributed by atoms with van der Waals surface area (Å²) < 4.78 is 0. The quantitative estimate of drug-likeness (QED) is 0.393. The Balaban J connectivity index is 1.56. The van der Waals surface area contributed by atoms with Crippen LogP contribution in [0.15, 0.2) is 60.1 Å². The molecule has 0 fully saturated rings. The van der Waals surface area contributed by atoms with Crippen LogP contribution in [0, 0.1) is 5.41 Å². The van der Waals surface area contributed by atoms with Gasteiger partial charge in [0.1, 0.15) is 0 Å².